The fourth-order valence-corrected chi connectivity index (χ4v) is 2.20. The molecule has 1 N–H and O–H groups in total. The molecule has 0 aliphatic carbocycles. The standard InChI is InChI=1S/C14H10BrF3O/c15-12-4-2-9(16)5-8(12)6-14(19)11-3-1-10(17)7-13(11)18/h1-5,7,14,19H,6H2. The molecule has 100 valence electrons. The molecule has 2 rings (SSSR count). The molecule has 0 spiro atoms. The summed E-state index contributed by atoms with van der Waals surface area (Å²) in [7, 11) is 0. The Hall–Kier alpha value is -1.33. The number of hydrogen-bond acceptors (Lipinski definition) is 1. The van der Waals surface area contributed by atoms with Crippen LogP contribution in [-0.4, -0.2) is 5.11 Å². The first-order chi connectivity index (χ1) is 8.97. The van der Waals surface area contributed by atoms with Crippen LogP contribution in [0.15, 0.2) is 40.9 Å². The Kier molecular flexibility index (Phi) is 4.27. The van der Waals surface area contributed by atoms with Crippen LogP contribution in [0.25, 0.3) is 0 Å². The van der Waals surface area contributed by atoms with E-state index in [-0.39, 0.29) is 12.0 Å². The van der Waals surface area contributed by atoms with Gasteiger partial charge in [0.25, 0.3) is 0 Å². The first kappa shape index (κ1) is 14.1. The van der Waals surface area contributed by atoms with Crippen LogP contribution in [0, 0.1) is 17.5 Å². The molecule has 0 amide bonds. The van der Waals surface area contributed by atoms with Gasteiger partial charge in [-0.1, -0.05) is 22.0 Å². The highest BCUT2D eigenvalue weighted by atomic mass is 79.9. The molecule has 0 bridgehead atoms. The summed E-state index contributed by atoms with van der Waals surface area (Å²) in [5, 5.41) is 9.96. The van der Waals surface area contributed by atoms with Gasteiger partial charge in [-0.3, -0.25) is 0 Å². The van der Waals surface area contributed by atoms with Crippen LogP contribution >= 0.6 is 15.9 Å². The largest absolute Gasteiger partial charge is 0.388 e. The molecule has 2 aromatic rings. The quantitative estimate of drug-likeness (QED) is 0.896. The fourth-order valence-electron chi connectivity index (χ4n) is 1.79. The van der Waals surface area contributed by atoms with Crippen LogP contribution < -0.4 is 0 Å². The highest BCUT2D eigenvalue weighted by Gasteiger charge is 2.15. The van der Waals surface area contributed by atoms with Gasteiger partial charge in [0.05, 0.1) is 6.10 Å². The first-order valence-corrected chi connectivity index (χ1v) is 6.33. The zero-order valence-corrected chi connectivity index (χ0v) is 11.3. The number of halogens is 4. The van der Waals surface area contributed by atoms with Gasteiger partial charge in [0, 0.05) is 22.5 Å². The second-order valence-corrected chi connectivity index (χ2v) is 4.98. The van der Waals surface area contributed by atoms with E-state index >= 15 is 0 Å². The minimum atomic E-state index is -1.17. The summed E-state index contributed by atoms with van der Waals surface area (Å²) in [4.78, 5) is 0. The number of rotatable bonds is 3. The van der Waals surface area contributed by atoms with Gasteiger partial charge >= 0.3 is 0 Å². The number of aliphatic hydroxyl groups is 1. The molecule has 1 atom stereocenters. The lowest BCUT2D eigenvalue weighted by atomic mass is 10.0. The lowest BCUT2D eigenvalue weighted by Gasteiger charge is -2.13. The number of hydrogen-bond donors (Lipinski definition) is 1. The molecule has 2 aromatic carbocycles. The van der Waals surface area contributed by atoms with Crippen molar-refractivity contribution >= 4 is 15.9 Å². The molecule has 0 saturated heterocycles. The van der Waals surface area contributed by atoms with Crippen molar-refractivity contribution < 1.29 is 18.3 Å². The normalized spacial score (nSPS) is 12.5. The van der Waals surface area contributed by atoms with Crippen molar-refractivity contribution in [1.82, 2.24) is 0 Å². The first-order valence-electron chi connectivity index (χ1n) is 5.54. The Morgan fingerprint density at radius 3 is 2.32 bits per heavy atom. The van der Waals surface area contributed by atoms with Crippen molar-refractivity contribution in [2.24, 2.45) is 0 Å². The second kappa shape index (κ2) is 5.75. The molecule has 0 saturated carbocycles. The summed E-state index contributed by atoms with van der Waals surface area (Å²) in [6, 6.07) is 7.01. The van der Waals surface area contributed by atoms with Crippen LogP contribution in [0.2, 0.25) is 0 Å². The Labute approximate surface area is 116 Å². The van der Waals surface area contributed by atoms with Gasteiger partial charge in [-0.2, -0.15) is 0 Å². The average molecular weight is 331 g/mol. The molecule has 1 unspecified atom stereocenters. The maximum atomic E-state index is 13.5. The van der Waals surface area contributed by atoms with Crippen LogP contribution in [-0.2, 0) is 6.42 Å². The highest BCUT2D eigenvalue weighted by Crippen LogP contribution is 2.26. The maximum Gasteiger partial charge on any atom is 0.131 e. The van der Waals surface area contributed by atoms with Gasteiger partial charge in [-0.15, -0.1) is 0 Å². The summed E-state index contributed by atoms with van der Waals surface area (Å²) in [5.41, 5.74) is 0.494. The zero-order valence-electron chi connectivity index (χ0n) is 9.71. The molecule has 19 heavy (non-hydrogen) atoms. The molecule has 0 fully saturated rings. The summed E-state index contributed by atoms with van der Waals surface area (Å²) in [6.45, 7) is 0. The van der Waals surface area contributed by atoms with Gasteiger partial charge in [0.1, 0.15) is 17.5 Å². The zero-order chi connectivity index (χ0) is 14.0. The van der Waals surface area contributed by atoms with Crippen LogP contribution in [0.1, 0.15) is 17.2 Å². The number of benzene rings is 2. The monoisotopic (exact) mass is 330 g/mol. The summed E-state index contributed by atoms with van der Waals surface area (Å²) in [5.74, 6) is -1.97. The highest BCUT2D eigenvalue weighted by molar-refractivity contribution is 9.10. The lowest BCUT2D eigenvalue weighted by molar-refractivity contribution is 0.173. The predicted octanol–water partition coefficient (Wildman–Crippen LogP) is 4.14. The van der Waals surface area contributed by atoms with Crippen molar-refractivity contribution in [1.29, 1.82) is 0 Å². The topological polar surface area (TPSA) is 20.2 Å². The molecule has 0 radical (unpaired) electrons. The smallest absolute Gasteiger partial charge is 0.131 e. The van der Waals surface area contributed by atoms with E-state index in [0.717, 1.165) is 6.07 Å². The van der Waals surface area contributed by atoms with Gasteiger partial charge in [-0.05, 0) is 29.8 Å². The van der Waals surface area contributed by atoms with Crippen molar-refractivity contribution in [2.45, 2.75) is 12.5 Å². The minimum absolute atomic E-state index is 0.0161. The second-order valence-electron chi connectivity index (χ2n) is 4.12. The third-order valence-electron chi connectivity index (χ3n) is 2.74. The van der Waals surface area contributed by atoms with Crippen molar-refractivity contribution in [3.63, 3.8) is 0 Å². The van der Waals surface area contributed by atoms with Crippen molar-refractivity contribution in [3.8, 4) is 0 Å². The molecule has 5 heteroatoms. The van der Waals surface area contributed by atoms with E-state index in [1.165, 1.54) is 24.3 Å². The predicted molar refractivity (Wildman–Crippen MR) is 69.1 cm³/mol. The Balaban J connectivity index is 2.25. The summed E-state index contributed by atoms with van der Waals surface area (Å²) >= 11 is 3.23. The summed E-state index contributed by atoms with van der Waals surface area (Å²) < 4.78 is 40.0. The minimum Gasteiger partial charge on any atom is -0.388 e. The SMILES string of the molecule is OC(Cc1cc(F)ccc1Br)c1ccc(F)cc1F. The third kappa shape index (κ3) is 3.36. The molecular formula is C14H10BrF3O. The fraction of sp³-hybridized carbons (Fsp3) is 0.143. The van der Waals surface area contributed by atoms with Crippen molar-refractivity contribution in [3.05, 3.63) is 69.4 Å². The molecule has 0 aliphatic heterocycles. The van der Waals surface area contributed by atoms with Crippen LogP contribution in [0.5, 0.6) is 0 Å². The Morgan fingerprint density at radius 1 is 1.00 bits per heavy atom. The van der Waals surface area contributed by atoms with E-state index in [9.17, 15) is 18.3 Å². The van der Waals surface area contributed by atoms with E-state index in [1.807, 2.05) is 0 Å². The molecule has 0 aliphatic rings. The van der Waals surface area contributed by atoms with Gasteiger partial charge in [0.2, 0.25) is 0 Å². The Bertz CT molecular complexity index is 601. The van der Waals surface area contributed by atoms with E-state index in [4.69, 9.17) is 0 Å². The van der Waals surface area contributed by atoms with E-state index in [1.54, 1.807) is 0 Å². The van der Waals surface area contributed by atoms with Crippen molar-refractivity contribution in [2.75, 3.05) is 0 Å². The summed E-state index contributed by atoms with van der Waals surface area (Å²) in [6.07, 6.45) is -1.14. The maximum absolute atomic E-state index is 13.5. The van der Waals surface area contributed by atoms with Crippen LogP contribution in [0.3, 0.4) is 0 Å². The Morgan fingerprint density at radius 2 is 1.63 bits per heavy atom. The van der Waals surface area contributed by atoms with Gasteiger partial charge < -0.3 is 5.11 Å². The average Bonchev–Trinajstić information content (AvgIpc) is 2.33. The van der Waals surface area contributed by atoms with E-state index in [0.29, 0.717) is 16.1 Å². The number of aliphatic hydroxyl groups excluding tert-OH is 1. The third-order valence-corrected chi connectivity index (χ3v) is 3.52. The molecular weight excluding hydrogens is 321 g/mol. The van der Waals surface area contributed by atoms with E-state index < -0.39 is 23.6 Å². The van der Waals surface area contributed by atoms with Gasteiger partial charge in [0.15, 0.2) is 0 Å². The molecule has 0 heterocycles. The lowest BCUT2D eigenvalue weighted by Crippen LogP contribution is -2.05. The molecule has 0 aromatic heterocycles. The molecule has 1 nitrogen and oxygen atoms in total. The van der Waals surface area contributed by atoms with E-state index in [2.05, 4.69) is 15.9 Å². The van der Waals surface area contributed by atoms with Crippen LogP contribution in [0.4, 0.5) is 13.2 Å². The van der Waals surface area contributed by atoms with Gasteiger partial charge in [-0.25, -0.2) is 13.2 Å².